The summed E-state index contributed by atoms with van der Waals surface area (Å²) in [7, 11) is 0. The van der Waals surface area contributed by atoms with Crippen molar-refractivity contribution in [3.8, 4) is 0 Å². The Morgan fingerprint density at radius 1 is 1.50 bits per heavy atom. The predicted octanol–water partition coefficient (Wildman–Crippen LogP) is 2.46. The van der Waals surface area contributed by atoms with Gasteiger partial charge in [0.05, 0.1) is 5.56 Å². The molecule has 1 aromatic heterocycles. The van der Waals surface area contributed by atoms with Crippen molar-refractivity contribution in [3.63, 3.8) is 0 Å². The van der Waals surface area contributed by atoms with Crippen molar-refractivity contribution in [1.29, 1.82) is 0 Å². The Morgan fingerprint density at radius 2 is 2.14 bits per heavy atom. The van der Waals surface area contributed by atoms with Gasteiger partial charge in [0.2, 0.25) is 0 Å². The van der Waals surface area contributed by atoms with Crippen molar-refractivity contribution >= 4 is 18.4 Å². The molecule has 0 aliphatic heterocycles. The van der Waals surface area contributed by atoms with Crippen LogP contribution in [0.1, 0.15) is 35.1 Å². The van der Waals surface area contributed by atoms with Crippen LogP contribution in [0.5, 0.6) is 0 Å². The van der Waals surface area contributed by atoms with E-state index in [0.29, 0.717) is 5.56 Å². The third-order valence-electron chi connectivity index (χ3n) is 1.76. The van der Waals surface area contributed by atoms with E-state index in [0.717, 1.165) is 24.2 Å². The normalized spacial score (nSPS) is 9.29. The van der Waals surface area contributed by atoms with Crippen molar-refractivity contribution in [2.75, 3.05) is 0 Å². The van der Waals surface area contributed by atoms with Crippen LogP contribution in [0.4, 0.5) is 0 Å². The van der Waals surface area contributed by atoms with Gasteiger partial charge in [-0.15, -0.1) is 12.4 Å². The van der Waals surface area contributed by atoms with E-state index in [4.69, 9.17) is 5.11 Å². The predicted molar refractivity (Wildman–Crippen MR) is 57.2 cm³/mol. The number of hydrogen-bond donors (Lipinski definition) is 1. The average molecular weight is 216 g/mol. The highest BCUT2D eigenvalue weighted by Gasteiger charge is 2.05. The van der Waals surface area contributed by atoms with Crippen LogP contribution >= 0.6 is 12.4 Å². The minimum absolute atomic E-state index is 0. The lowest BCUT2D eigenvalue weighted by Gasteiger charge is -2.02. The molecule has 1 heterocycles. The summed E-state index contributed by atoms with van der Waals surface area (Å²) < 4.78 is 0. The zero-order valence-electron chi connectivity index (χ0n) is 8.28. The Morgan fingerprint density at radius 3 is 2.64 bits per heavy atom. The summed E-state index contributed by atoms with van der Waals surface area (Å²) in [6, 6.07) is 3.22. The van der Waals surface area contributed by atoms with Crippen molar-refractivity contribution in [1.82, 2.24) is 4.98 Å². The highest BCUT2D eigenvalue weighted by molar-refractivity contribution is 5.87. The Labute approximate surface area is 89.6 Å². The van der Waals surface area contributed by atoms with Gasteiger partial charge in [0, 0.05) is 11.4 Å². The Balaban J connectivity index is 0.00000169. The molecule has 0 fully saturated rings. The van der Waals surface area contributed by atoms with Crippen LogP contribution < -0.4 is 0 Å². The molecule has 0 saturated heterocycles. The number of carbonyl (C=O) groups is 1. The Bertz CT molecular complexity index is 326. The van der Waals surface area contributed by atoms with E-state index in [1.165, 1.54) is 0 Å². The smallest absolute Gasteiger partial charge is 0.335 e. The molecule has 14 heavy (non-hydrogen) atoms. The quantitative estimate of drug-likeness (QED) is 0.843. The molecule has 0 bridgehead atoms. The first-order chi connectivity index (χ1) is 6.13. The van der Waals surface area contributed by atoms with Gasteiger partial charge >= 0.3 is 5.97 Å². The highest BCUT2D eigenvalue weighted by Crippen LogP contribution is 2.07. The topological polar surface area (TPSA) is 50.2 Å². The lowest BCUT2D eigenvalue weighted by molar-refractivity contribution is 0.0696. The zero-order valence-corrected chi connectivity index (χ0v) is 9.10. The minimum Gasteiger partial charge on any atom is -0.478 e. The van der Waals surface area contributed by atoms with Crippen molar-refractivity contribution < 1.29 is 9.90 Å². The summed E-state index contributed by atoms with van der Waals surface area (Å²) in [5, 5.41) is 8.77. The van der Waals surface area contributed by atoms with Gasteiger partial charge in [-0.05, 0) is 25.5 Å². The van der Waals surface area contributed by atoms with Crippen LogP contribution in [0.3, 0.4) is 0 Å². The number of aromatic nitrogens is 1. The molecule has 0 aliphatic rings. The molecule has 0 atom stereocenters. The van der Waals surface area contributed by atoms with E-state index in [9.17, 15) is 4.79 Å². The molecule has 1 rings (SSSR count). The van der Waals surface area contributed by atoms with Gasteiger partial charge in [0.15, 0.2) is 0 Å². The van der Waals surface area contributed by atoms with Gasteiger partial charge in [-0.2, -0.15) is 0 Å². The third kappa shape index (κ3) is 3.34. The first-order valence-electron chi connectivity index (χ1n) is 4.34. The van der Waals surface area contributed by atoms with Crippen LogP contribution in [0, 0.1) is 6.92 Å². The molecule has 0 aliphatic carbocycles. The number of halogens is 1. The molecular weight excluding hydrogens is 202 g/mol. The number of rotatable bonds is 3. The molecule has 1 aromatic rings. The van der Waals surface area contributed by atoms with E-state index in [1.54, 1.807) is 12.1 Å². The minimum atomic E-state index is -0.886. The fourth-order valence-electron chi connectivity index (χ4n) is 1.24. The molecule has 0 amide bonds. The number of nitrogens with zero attached hydrogens (tertiary/aromatic N) is 1. The number of hydrogen-bond acceptors (Lipinski definition) is 2. The summed E-state index contributed by atoms with van der Waals surface area (Å²) in [5.41, 5.74) is 1.96. The van der Waals surface area contributed by atoms with Crippen LogP contribution in [0.15, 0.2) is 12.1 Å². The standard InChI is InChI=1S/C10H13NO2.ClH/c1-3-4-9-6-8(10(12)13)5-7(2)11-9;/h5-6H,3-4H2,1-2H3,(H,12,13);1H. The second-order valence-electron chi connectivity index (χ2n) is 3.04. The zero-order chi connectivity index (χ0) is 9.84. The largest absolute Gasteiger partial charge is 0.478 e. The third-order valence-corrected chi connectivity index (χ3v) is 1.76. The molecule has 0 aromatic carbocycles. The second kappa shape index (κ2) is 5.60. The summed E-state index contributed by atoms with van der Waals surface area (Å²) in [5.74, 6) is -0.886. The molecule has 4 heteroatoms. The van der Waals surface area contributed by atoms with Gasteiger partial charge in [-0.25, -0.2) is 4.79 Å². The fraction of sp³-hybridized carbons (Fsp3) is 0.400. The van der Waals surface area contributed by atoms with E-state index in [-0.39, 0.29) is 12.4 Å². The Hall–Kier alpha value is -1.09. The molecule has 0 unspecified atom stereocenters. The second-order valence-corrected chi connectivity index (χ2v) is 3.04. The summed E-state index contributed by atoms with van der Waals surface area (Å²) in [4.78, 5) is 14.9. The summed E-state index contributed by atoms with van der Waals surface area (Å²) in [6.07, 6.45) is 1.82. The number of carboxylic acid groups (broad SMARTS) is 1. The van der Waals surface area contributed by atoms with Crippen molar-refractivity contribution in [2.24, 2.45) is 0 Å². The molecule has 0 saturated carbocycles. The molecule has 78 valence electrons. The maximum Gasteiger partial charge on any atom is 0.335 e. The molecule has 1 N–H and O–H groups in total. The number of pyridine rings is 1. The molecule has 0 radical (unpaired) electrons. The highest BCUT2D eigenvalue weighted by atomic mass is 35.5. The SMILES string of the molecule is CCCc1cc(C(=O)O)cc(C)n1.Cl. The lowest BCUT2D eigenvalue weighted by Crippen LogP contribution is -2.01. The number of aromatic carboxylic acids is 1. The monoisotopic (exact) mass is 215 g/mol. The van der Waals surface area contributed by atoms with Gasteiger partial charge in [0.1, 0.15) is 0 Å². The van der Waals surface area contributed by atoms with Gasteiger partial charge < -0.3 is 5.11 Å². The van der Waals surface area contributed by atoms with Crippen molar-refractivity contribution in [2.45, 2.75) is 26.7 Å². The lowest BCUT2D eigenvalue weighted by atomic mass is 10.1. The van der Waals surface area contributed by atoms with Gasteiger partial charge in [-0.1, -0.05) is 13.3 Å². The summed E-state index contributed by atoms with van der Waals surface area (Å²) >= 11 is 0. The Kier molecular flexibility index (Phi) is 5.16. The maximum atomic E-state index is 10.7. The van der Waals surface area contributed by atoms with Crippen LogP contribution in [-0.4, -0.2) is 16.1 Å². The van der Waals surface area contributed by atoms with E-state index < -0.39 is 5.97 Å². The fourth-order valence-corrected chi connectivity index (χ4v) is 1.24. The number of aryl methyl sites for hydroxylation is 2. The molecule has 3 nitrogen and oxygen atoms in total. The molecular formula is C10H14ClNO2. The van der Waals surface area contributed by atoms with E-state index >= 15 is 0 Å². The van der Waals surface area contributed by atoms with E-state index in [1.807, 2.05) is 13.8 Å². The summed E-state index contributed by atoms with van der Waals surface area (Å²) in [6.45, 7) is 3.86. The van der Waals surface area contributed by atoms with E-state index in [2.05, 4.69) is 4.98 Å². The van der Waals surface area contributed by atoms with Crippen LogP contribution in [0.2, 0.25) is 0 Å². The first-order valence-corrected chi connectivity index (χ1v) is 4.34. The van der Waals surface area contributed by atoms with Gasteiger partial charge in [-0.3, -0.25) is 4.98 Å². The van der Waals surface area contributed by atoms with Crippen LogP contribution in [0.25, 0.3) is 0 Å². The van der Waals surface area contributed by atoms with Crippen molar-refractivity contribution in [3.05, 3.63) is 29.1 Å². The van der Waals surface area contributed by atoms with Crippen LogP contribution in [-0.2, 0) is 6.42 Å². The maximum absolute atomic E-state index is 10.7. The first kappa shape index (κ1) is 12.9. The average Bonchev–Trinajstić information content (AvgIpc) is 2.03. The van der Waals surface area contributed by atoms with Gasteiger partial charge in [0.25, 0.3) is 0 Å². The number of carboxylic acids is 1. The molecule has 0 spiro atoms.